The van der Waals surface area contributed by atoms with Crippen LogP contribution in [0.25, 0.3) is 22.3 Å². The first-order valence-corrected chi connectivity index (χ1v) is 8.28. The number of hydrogen-bond donors (Lipinski definition) is 3. The van der Waals surface area contributed by atoms with Crippen LogP contribution in [0.15, 0.2) is 30.7 Å². The second-order valence-electron chi connectivity index (χ2n) is 6.17. The predicted octanol–water partition coefficient (Wildman–Crippen LogP) is 3.98. The molecule has 0 unspecified atom stereocenters. The Morgan fingerprint density at radius 3 is 2.96 bits per heavy atom. The number of halogens is 1. The highest BCUT2D eigenvalue weighted by molar-refractivity contribution is 6.31. The highest BCUT2D eigenvalue weighted by Crippen LogP contribution is 2.28. The lowest BCUT2D eigenvalue weighted by Gasteiger charge is -2.18. The van der Waals surface area contributed by atoms with Gasteiger partial charge in [0.15, 0.2) is 0 Å². The van der Waals surface area contributed by atoms with E-state index in [0.717, 1.165) is 28.7 Å². The molecule has 0 aromatic carbocycles. The van der Waals surface area contributed by atoms with Crippen LogP contribution in [0.5, 0.6) is 0 Å². The van der Waals surface area contributed by atoms with Crippen LogP contribution < -0.4 is 5.32 Å². The predicted molar refractivity (Wildman–Crippen MR) is 100 cm³/mol. The Morgan fingerprint density at radius 1 is 1.38 bits per heavy atom. The third kappa shape index (κ3) is 3.66. The summed E-state index contributed by atoms with van der Waals surface area (Å²) in [5.74, 6) is 0.969. The molecule has 3 heterocycles. The zero-order valence-corrected chi connectivity index (χ0v) is 14.4. The second kappa shape index (κ2) is 7.15. The molecule has 0 aliphatic carbocycles. The SMILES string of the molecule is CC(C)C[C@@H](CO)Nc1nccc(-c2c[nH]c3ncc(Cl)cc23)n1.[HH].[HH]. The number of nitrogens with one attached hydrogen (secondary N) is 2. The van der Waals surface area contributed by atoms with Gasteiger partial charge in [-0.2, -0.15) is 0 Å². The first-order chi connectivity index (χ1) is 11.6. The third-order valence-corrected chi connectivity index (χ3v) is 3.95. The van der Waals surface area contributed by atoms with E-state index in [4.69, 9.17) is 11.6 Å². The van der Waals surface area contributed by atoms with E-state index < -0.39 is 0 Å². The molecular weight excluding hydrogens is 326 g/mol. The van der Waals surface area contributed by atoms with Crippen LogP contribution in [-0.4, -0.2) is 37.7 Å². The minimum Gasteiger partial charge on any atom is -0.394 e. The molecule has 130 valence electrons. The summed E-state index contributed by atoms with van der Waals surface area (Å²) in [5, 5.41) is 14.2. The normalized spacial score (nSPS) is 12.7. The van der Waals surface area contributed by atoms with Crippen molar-refractivity contribution in [2.24, 2.45) is 5.92 Å². The van der Waals surface area contributed by atoms with E-state index in [9.17, 15) is 5.11 Å². The maximum atomic E-state index is 9.52. The molecule has 0 fully saturated rings. The van der Waals surface area contributed by atoms with Crippen LogP contribution in [-0.2, 0) is 0 Å². The maximum Gasteiger partial charge on any atom is 0.223 e. The summed E-state index contributed by atoms with van der Waals surface area (Å²) in [7, 11) is 0. The smallest absolute Gasteiger partial charge is 0.223 e. The molecule has 0 aliphatic heterocycles. The molecular formula is C17H24ClN5O. The van der Waals surface area contributed by atoms with Crippen LogP contribution in [0.1, 0.15) is 23.1 Å². The Bertz CT molecular complexity index is 843. The van der Waals surface area contributed by atoms with Gasteiger partial charge in [0, 0.05) is 32.4 Å². The number of fused-ring (bicyclic) bond motifs is 1. The molecule has 3 aromatic rings. The van der Waals surface area contributed by atoms with Crippen molar-refractivity contribution in [3.05, 3.63) is 35.7 Å². The van der Waals surface area contributed by atoms with Gasteiger partial charge in [-0.1, -0.05) is 25.4 Å². The summed E-state index contributed by atoms with van der Waals surface area (Å²) in [6.45, 7) is 4.27. The molecule has 0 saturated heterocycles. The average molecular weight is 350 g/mol. The second-order valence-corrected chi connectivity index (χ2v) is 6.61. The lowest BCUT2D eigenvalue weighted by Crippen LogP contribution is -2.26. The van der Waals surface area contributed by atoms with Crippen molar-refractivity contribution in [3.63, 3.8) is 0 Å². The first kappa shape index (κ1) is 16.7. The Kier molecular flexibility index (Phi) is 4.97. The van der Waals surface area contributed by atoms with E-state index in [1.807, 2.05) is 18.3 Å². The number of aliphatic hydroxyl groups excluding tert-OH is 1. The monoisotopic (exact) mass is 349 g/mol. The molecule has 0 aliphatic rings. The fraction of sp³-hybridized carbons (Fsp3) is 0.353. The zero-order chi connectivity index (χ0) is 17.1. The number of H-pyrrole nitrogens is 1. The van der Waals surface area contributed by atoms with Crippen molar-refractivity contribution in [1.82, 2.24) is 19.9 Å². The van der Waals surface area contributed by atoms with Gasteiger partial charge in [-0.15, -0.1) is 0 Å². The molecule has 24 heavy (non-hydrogen) atoms. The number of aromatic nitrogens is 4. The Labute approximate surface area is 148 Å². The highest BCUT2D eigenvalue weighted by atomic mass is 35.5. The van der Waals surface area contributed by atoms with Gasteiger partial charge in [0.1, 0.15) is 5.65 Å². The molecule has 0 saturated carbocycles. The lowest BCUT2D eigenvalue weighted by molar-refractivity contribution is 0.259. The Hall–Kier alpha value is -2.18. The van der Waals surface area contributed by atoms with Crippen LogP contribution in [0, 0.1) is 5.92 Å². The molecule has 0 radical (unpaired) electrons. The number of nitrogens with zero attached hydrogens (tertiary/aromatic N) is 3. The van der Waals surface area contributed by atoms with E-state index in [1.54, 1.807) is 12.4 Å². The minimum atomic E-state index is -0.0701. The minimum absolute atomic E-state index is 0. The Morgan fingerprint density at radius 2 is 2.21 bits per heavy atom. The molecule has 6 nitrogen and oxygen atoms in total. The van der Waals surface area contributed by atoms with Crippen molar-refractivity contribution in [2.75, 3.05) is 11.9 Å². The number of rotatable bonds is 6. The summed E-state index contributed by atoms with van der Waals surface area (Å²) in [6, 6.07) is 3.63. The highest BCUT2D eigenvalue weighted by Gasteiger charge is 2.13. The topological polar surface area (TPSA) is 86.7 Å². The van der Waals surface area contributed by atoms with Gasteiger partial charge in [0.2, 0.25) is 5.95 Å². The molecule has 7 heteroatoms. The number of pyridine rings is 1. The third-order valence-electron chi connectivity index (χ3n) is 3.74. The van der Waals surface area contributed by atoms with Gasteiger partial charge in [-0.25, -0.2) is 15.0 Å². The fourth-order valence-corrected chi connectivity index (χ4v) is 2.86. The maximum absolute atomic E-state index is 9.52. The summed E-state index contributed by atoms with van der Waals surface area (Å²) in [4.78, 5) is 16.2. The van der Waals surface area contributed by atoms with Crippen molar-refractivity contribution in [1.29, 1.82) is 0 Å². The van der Waals surface area contributed by atoms with Crippen LogP contribution >= 0.6 is 11.6 Å². The average Bonchev–Trinajstić information content (AvgIpc) is 2.97. The van der Waals surface area contributed by atoms with E-state index in [2.05, 4.69) is 39.1 Å². The number of aliphatic hydroxyl groups is 1. The molecule has 0 spiro atoms. The van der Waals surface area contributed by atoms with Gasteiger partial charge in [0.05, 0.1) is 23.4 Å². The van der Waals surface area contributed by atoms with Gasteiger partial charge >= 0.3 is 0 Å². The summed E-state index contributed by atoms with van der Waals surface area (Å²) < 4.78 is 0. The Balaban J connectivity index is 0.00000169. The standard InChI is InChI=1S/C17H20ClN5O.2H2/c1-10(2)5-12(9-24)22-17-19-4-3-15(23-17)14-8-21-16-13(14)6-11(18)7-20-16;;/h3-4,6-8,10,12,24H,5,9H2,1-2H3,(H,20,21)(H,19,22,23);2*1H/t12-;;/m0../s1. The van der Waals surface area contributed by atoms with E-state index in [1.165, 1.54) is 0 Å². The van der Waals surface area contributed by atoms with Crippen LogP contribution in [0.4, 0.5) is 5.95 Å². The molecule has 3 rings (SSSR count). The van der Waals surface area contributed by atoms with Crippen molar-refractivity contribution in [3.8, 4) is 11.3 Å². The molecule has 1 atom stereocenters. The number of anilines is 1. The van der Waals surface area contributed by atoms with E-state index in [-0.39, 0.29) is 15.5 Å². The fourth-order valence-electron chi connectivity index (χ4n) is 2.70. The number of hydrogen-bond acceptors (Lipinski definition) is 5. The van der Waals surface area contributed by atoms with Gasteiger partial charge in [-0.3, -0.25) is 0 Å². The van der Waals surface area contributed by atoms with Gasteiger partial charge < -0.3 is 15.4 Å². The van der Waals surface area contributed by atoms with Crippen molar-refractivity contribution < 1.29 is 7.96 Å². The molecule has 0 amide bonds. The van der Waals surface area contributed by atoms with Crippen LogP contribution in [0.2, 0.25) is 5.02 Å². The largest absolute Gasteiger partial charge is 0.394 e. The van der Waals surface area contributed by atoms with Gasteiger partial charge in [0.25, 0.3) is 0 Å². The summed E-state index contributed by atoms with van der Waals surface area (Å²) >= 11 is 6.05. The van der Waals surface area contributed by atoms with Crippen molar-refractivity contribution in [2.45, 2.75) is 26.3 Å². The zero-order valence-electron chi connectivity index (χ0n) is 13.6. The quantitative estimate of drug-likeness (QED) is 0.626. The molecule has 0 bridgehead atoms. The first-order valence-electron chi connectivity index (χ1n) is 7.90. The molecule has 3 N–H and O–H groups in total. The lowest BCUT2D eigenvalue weighted by atomic mass is 10.0. The van der Waals surface area contributed by atoms with Crippen molar-refractivity contribution >= 4 is 28.6 Å². The molecule has 3 aromatic heterocycles. The summed E-state index contributed by atoms with van der Waals surface area (Å²) in [6.07, 6.45) is 6.01. The van der Waals surface area contributed by atoms with E-state index >= 15 is 0 Å². The summed E-state index contributed by atoms with van der Waals surface area (Å²) in [5.41, 5.74) is 2.44. The van der Waals surface area contributed by atoms with Crippen LogP contribution in [0.3, 0.4) is 0 Å². The van der Waals surface area contributed by atoms with Gasteiger partial charge in [-0.05, 0) is 24.5 Å². The number of aromatic amines is 1. The van der Waals surface area contributed by atoms with E-state index in [0.29, 0.717) is 16.9 Å².